The second kappa shape index (κ2) is 9.74. The molecule has 4 rings (SSSR count). The number of anilines is 1. The summed E-state index contributed by atoms with van der Waals surface area (Å²) in [5, 5.41) is 44.9. The number of benzene rings is 1. The van der Waals surface area contributed by atoms with Gasteiger partial charge in [0.25, 0.3) is 11.8 Å². The minimum absolute atomic E-state index is 0.0567. The predicted octanol–water partition coefficient (Wildman–Crippen LogP) is 0.0515. The maximum Gasteiger partial charge on any atom is 0.352 e. The number of nitrogens with one attached hydrogen (secondary N) is 1. The van der Waals surface area contributed by atoms with E-state index in [1.807, 2.05) is 0 Å². The normalized spacial score (nSPS) is 20.0. The van der Waals surface area contributed by atoms with Crippen LogP contribution in [0.25, 0.3) is 0 Å². The zero-order valence-corrected chi connectivity index (χ0v) is 19.5. The Morgan fingerprint density at radius 2 is 2.00 bits per heavy atom. The SMILES string of the molecule is Nc1nc(/C(=N\O[C@@H](C(=O)O)c2ccc(O)c(O)c2)C(=O)N[C@@H]2C(=O)N3C(C(=O)O)=CCS[C@H]23)cs1. The van der Waals surface area contributed by atoms with Crippen LogP contribution in [0.2, 0.25) is 0 Å². The summed E-state index contributed by atoms with van der Waals surface area (Å²) in [6.45, 7) is 0. The number of thiazole rings is 1. The molecule has 0 radical (unpaired) electrons. The molecule has 0 unspecified atom stereocenters. The van der Waals surface area contributed by atoms with Crippen molar-refractivity contribution in [3.63, 3.8) is 0 Å². The number of aliphatic carboxylic acids is 2. The molecule has 1 saturated heterocycles. The molecule has 0 spiro atoms. The summed E-state index contributed by atoms with van der Waals surface area (Å²) < 4.78 is 0. The molecule has 1 aromatic heterocycles. The van der Waals surface area contributed by atoms with Crippen LogP contribution in [0.5, 0.6) is 11.5 Å². The van der Waals surface area contributed by atoms with Crippen molar-refractivity contribution in [2.24, 2.45) is 5.16 Å². The lowest BCUT2D eigenvalue weighted by molar-refractivity contribution is -0.151. The number of carboxylic acids is 2. The van der Waals surface area contributed by atoms with Gasteiger partial charge in [0.2, 0.25) is 6.10 Å². The van der Waals surface area contributed by atoms with Crippen LogP contribution in [0, 0.1) is 0 Å². The van der Waals surface area contributed by atoms with Crippen LogP contribution in [0.3, 0.4) is 0 Å². The minimum Gasteiger partial charge on any atom is -0.504 e. The summed E-state index contributed by atoms with van der Waals surface area (Å²) in [6.07, 6.45) is -0.390. The zero-order chi connectivity index (χ0) is 26.1. The van der Waals surface area contributed by atoms with Crippen LogP contribution >= 0.6 is 23.1 Å². The second-order valence-electron chi connectivity index (χ2n) is 7.36. The maximum atomic E-state index is 13.1. The summed E-state index contributed by atoms with van der Waals surface area (Å²) >= 11 is 2.22. The van der Waals surface area contributed by atoms with Crippen molar-refractivity contribution in [3.05, 3.63) is 46.6 Å². The fraction of sp³-hybridized carbons (Fsp3) is 0.200. The number of aromatic nitrogens is 1. The van der Waals surface area contributed by atoms with Crippen LogP contribution in [0.4, 0.5) is 5.13 Å². The van der Waals surface area contributed by atoms with Crippen molar-refractivity contribution in [2.45, 2.75) is 17.5 Å². The van der Waals surface area contributed by atoms with Gasteiger partial charge >= 0.3 is 11.9 Å². The van der Waals surface area contributed by atoms with Crippen molar-refractivity contribution in [1.82, 2.24) is 15.2 Å². The topological polar surface area (TPSA) is 225 Å². The third-order valence-corrected chi connectivity index (χ3v) is 6.97. The van der Waals surface area contributed by atoms with Crippen LogP contribution < -0.4 is 11.1 Å². The quantitative estimate of drug-likeness (QED) is 0.114. The number of nitrogens with zero attached hydrogens (tertiary/aromatic N) is 3. The maximum absolute atomic E-state index is 13.1. The molecule has 3 heterocycles. The summed E-state index contributed by atoms with van der Waals surface area (Å²) in [7, 11) is 0. The van der Waals surface area contributed by atoms with Crippen LogP contribution in [-0.4, -0.2) is 76.9 Å². The van der Waals surface area contributed by atoms with Gasteiger partial charge in [-0.1, -0.05) is 11.2 Å². The van der Waals surface area contributed by atoms with E-state index in [0.717, 1.165) is 28.4 Å². The van der Waals surface area contributed by atoms with E-state index in [2.05, 4.69) is 15.5 Å². The fourth-order valence-electron chi connectivity index (χ4n) is 3.41. The number of rotatable bonds is 8. The van der Waals surface area contributed by atoms with Gasteiger partial charge in [-0.05, 0) is 18.2 Å². The minimum atomic E-state index is -1.78. The summed E-state index contributed by atoms with van der Waals surface area (Å²) in [5.74, 6) is -5.13. The van der Waals surface area contributed by atoms with Gasteiger partial charge in [-0.3, -0.25) is 14.5 Å². The fourth-order valence-corrected chi connectivity index (χ4v) is 5.15. The highest BCUT2D eigenvalue weighted by Gasteiger charge is 2.53. The molecule has 2 aromatic rings. The van der Waals surface area contributed by atoms with E-state index >= 15 is 0 Å². The number of hydrogen-bond acceptors (Lipinski definition) is 12. The number of thioether (sulfide) groups is 1. The molecule has 16 heteroatoms. The van der Waals surface area contributed by atoms with Crippen LogP contribution in [-0.2, 0) is 24.0 Å². The molecule has 36 heavy (non-hydrogen) atoms. The molecule has 1 fully saturated rings. The van der Waals surface area contributed by atoms with E-state index in [1.165, 1.54) is 29.3 Å². The van der Waals surface area contributed by atoms with Crippen molar-refractivity contribution in [1.29, 1.82) is 0 Å². The highest BCUT2D eigenvalue weighted by atomic mass is 32.2. The van der Waals surface area contributed by atoms with Gasteiger partial charge in [-0.25, -0.2) is 14.6 Å². The first-order chi connectivity index (χ1) is 17.1. The number of phenolic OH excluding ortho intramolecular Hbond substituents is 2. The molecule has 0 saturated carbocycles. The molecule has 7 N–H and O–H groups in total. The number of nitrogen functional groups attached to an aromatic ring is 1. The lowest BCUT2D eigenvalue weighted by Crippen LogP contribution is -2.70. The van der Waals surface area contributed by atoms with Crippen molar-refractivity contribution >= 4 is 57.7 Å². The third kappa shape index (κ3) is 4.63. The molecule has 0 aliphatic carbocycles. The number of phenols is 2. The number of carboxylic acid groups (broad SMARTS) is 2. The predicted molar refractivity (Wildman–Crippen MR) is 125 cm³/mol. The first kappa shape index (κ1) is 24.8. The summed E-state index contributed by atoms with van der Waals surface area (Å²) in [4.78, 5) is 58.9. The Labute approximate surface area is 209 Å². The molecular formula is C20H17N5O9S2. The average molecular weight is 536 g/mol. The van der Waals surface area contributed by atoms with Gasteiger partial charge in [-0.15, -0.1) is 23.1 Å². The number of amides is 2. The standard InChI is InChI=1S/C20H17N5O9S2/c21-20-22-8(6-36-20)12(24-34-14(19(32)33)7-1-2-10(26)11(27)5-7)15(28)23-13-16(29)25-9(18(30)31)3-4-35-17(13)25/h1-3,5-6,13-14,17,26-27H,4H2,(H2,21,22)(H,23,28)(H,30,31)(H,32,33)/b24-12+/t13-,14-,17-/m1/s1. The Balaban J connectivity index is 1.58. The third-order valence-electron chi connectivity index (χ3n) is 5.11. The van der Waals surface area contributed by atoms with Crippen LogP contribution in [0.1, 0.15) is 17.4 Å². The summed E-state index contributed by atoms with van der Waals surface area (Å²) in [6, 6.07) is 2.12. The number of β-lactam (4-membered cyclic amide) rings is 1. The molecule has 3 atom stereocenters. The Morgan fingerprint density at radius 3 is 2.61 bits per heavy atom. The first-order valence-electron chi connectivity index (χ1n) is 9.97. The average Bonchev–Trinajstić information content (AvgIpc) is 3.26. The zero-order valence-electron chi connectivity index (χ0n) is 17.9. The number of fused-ring (bicyclic) bond motifs is 1. The van der Waals surface area contributed by atoms with E-state index in [-0.39, 0.29) is 22.1 Å². The number of nitrogens with two attached hydrogens (primary N) is 1. The van der Waals surface area contributed by atoms with Gasteiger partial charge in [0.1, 0.15) is 22.8 Å². The van der Waals surface area contributed by atoms with E-state index in [0.29, 0.717) is 5.75 Å². The van der Waals surface area contributed by atoms with Crippen molar-refractivity contribution < 1.29 is 44.4 Å². The Hall–Kier alpha value is -4.31. The largest absolute Gasteiger partial charge is 0.504 e. The van der Waals surface area contributed by atoms with Crippen molar-refractivity contribution in [2.75, 3.05) is 11.5 Å². The lowest BCUT2D eigenvalue weighted by Gasteiger charge is -2.48. The Kier molecular flexibility index (Phi) is 6.71. The second-order valence-corrected chi connectivity index (χ2v) is 9.40. The molecule has 1 aromatic carbocycles. The number of aromatic hydroxyl groups is 2. The van der Waals surface area contributed by atoms with E-state index in [9.17, 15) is 39.6 Å². The number of oxime groups is 1. The number of hydrogen-bond donors (Lipinski definition) is 6. The molecule has 2 aliphatic rings. The molecular weight excluding hydrogens is 518 g/mol. The van der Waals surface area contributed by atoms with Gasteiger partial charge in [0.05, 0.1) is 0 Å². The smallest absolute Gasteiger partial charge is 0.352 e. The van der Waals surface area contributed by atoms with E-state index < -0.39 is 58.5 Å². The van der Waals surface area contributed by atoms with Gasteiger partial charge in [-0.2, -0.15) is 0 Å². The lowest BCUT2D eigenvalue weighted by atomic mass is 10.0. The number of carbonyl (C=O) groups excluding carboxylic acids is 2. The molecule has 2 aliphatic heterocycles. The Morgan fingerprint density at radius 1 is 1.25 bits per heavy atom. The molecule has 2 amide bonds. The molecule has 0 bridgehead atoms. The van der Waals surface area contributed by atoms with Gasteiger partial charge in [0.15, 0.2) is 22.3 Å². The summed E-state index contributed by atoms with van der Waals surface area (Å²) in [5.41, 5.74) is 4.83. The number of carbonyl (C=O) groups is 4. The first-order valence-corrected chi connectivity index (χ1v) is 11.9. The van der Waals surface area contributed by atoms with E-state index in [1.54, 1.807) is 0 Å². The van der Waals surface area contributed by atoms with Crippen molar-refractivity contribution in [3.8, 4) is 11.5 Å². The Bertz CT molecular complexity index is 1320. The van der Waals surface area contributed by atoms with Gasteiger partial charge < -0.3 is 36.3 Å². The highest BCUT2D eigenvalue weighted by Crippen LogP contribution is 2.37. The molecule has 14 nitrogen and oxygen atoms in total. The van der Waals surface area contributed by atoms with E-state index in [4.69, 9.17) is 10.6 Å². The highest BCUT2D eigenvalue weighted by molar-refractivity contribution is 8.00. The monoisotopic (exact) mass is 535 g/mol. The van der Waals surface area contributed by atoms with Crippen LogP contribution in [0.15, 0.2) is 40.5 Å². The van der Waals surface area contributed by atoms with Gasteiger partial charge in [0, 0.05) is 16.7 Å². The molecule has 188 valence electrons.